The minimum Gasteiger partial charge on any atom is -0.398 e. The van der Waals surface area contributed by atoms with Gasteiger partial charge in [-0.05, 0) is 17.3 Å². The van der Waals surface area contributed by atoms with Gasteiger partial charge in [0.15, 0.2) is 0 Å². The van der Waals surface area contributed by atoms with Gasteiger partial charge in [-0.2, -0.15) is 0 Å². The van der Waals surface area contributed by atoms with Crippen LogP contribution in [0.3, 0.4) is 0 Å². The van der Waals surface area contributed by atoms with Gasteiger partial charge in [0.25, 0.3) is 5.91 Å². The Bertz CT molecular complexity index is 799. The fourth-order valence-corrected chi connectivity index (χ4v) is 3.46. The lowest BCUT2D eigenvalue weighted by Gasteiger charge is -2.52. The number of hydrogen-bond donors (Lipinski definition) is 2. The van der Waals surface area contributed by atoms with Crippen molar-refractivity contribution in [1.82, 2.24) is 10.2 Å². The van der Waals surface area contributed by atoms with Crippen molar-refractivity contribution in [2.24, 2.45) is 0 Å². The number of amides is 3. The van der Waals surface area contributed by atoms with Crippen molar-refractivity contribution in [3.8, 4) is 0 Å². The molecule has 0 saturated carbocycles. The van der Waals surface area contributed by atoms with Crippen LogP contribution < -0.4 is 11.1 Å². The molecule has 120 valence electrons. The third kappa shape index (κ3) is 2.03. The number of carbonyl (C=O) groups is 3. The van der Waals surface area contributed by atoms with Crippen LogP contribution >= 0.6 is 0 Å². The molecule has 0 spiro atoms. The third-order valence-electron chi connectivity index (χ3n) is 5.73. The second-order valence-corrected chi connectivity index (χ2v) is 7.52. The molecule has 2 aliphatic heterocycles. The molecule has 24 heavy (non-hydrogen) atoms. The first-order valence-corrected chi connectivity index (χ1v) is 7.72. The highest BCUT2D eigenvalue weighted by Crippen LogP contribution is 2.50. The van der Waals surface area contributed by atoms with Gasteiger partial charge >= 0.3 is 0 Å². The smallest absolute Gasteiger partial charge is 0.255 e. The molecule has 0 aromatic heterocycles. The zero-order chi connectivity index (χ0) is 18.0. The van der Waals surface area contributed by atoms with Crippen molar-refractivity contribution < 1.29 is 18.8 Å². The van der Waals surface area contributed by atoms with E-state index in [1.54, 1.807) is 31.4 Å². The largest absolute Gasteiger partial charge is 0.398 e. The maximum atomic E-state index is 13.6. The summed E-state index contributed by atoms with van der Waals surface area (Å²) < 4.78 is 13.6. The zero-order valence-electron chi connectivity index (χ0n) is 14.1. The molecular formula is C13H16B4FN3O3. The van der Waals surface area contributed by atoms with E-state index in [1.807, 2.05) is 0 Å². The first-order valence-electron chi connectivity index (χ1n) is 7.72. The molecule has 0 radical (unpaired) electrons. The summed E-state index contributed by atoms with van der Waals surface area (Å²) in [5, 5.41) is 0.677. The number of halogens is 1. The monoisotopic (exact) mass is 325 g/mol. The molecule has 1 atom stereocenters. The van der Waals surface area contributed by atoms with Crippen LogP contribution in [0.2, 0.25) is 10.4 Å². The average Bonchev–Trinajstić information content (AvgIpc) is 2.75. The molecule has 1 unspecified atom stereocenters. The molecule has 2 aliphatic rings. The van der Waals surface area contributed by atoms with Crippen molar-refractivity contribution in [1.29, 1.82) is 0 Å². The second-order valence-electron chi connectivity index (χ2n) is 7.52. The minimum atomic E-state index is -0.864. The number of nitrogens with one attached hydrogen (secondary N) is 1. The van der Waals surface area contributed by atoms with Gasteiger partial charge in [-0.25, -0.2) is 4.39 Å². The Morgan fingerprint density at radius 1 is 1.21 bits per heavy atom. The van der Waals surface area contributed by atoms with Crippen LogP contribution in [0.15, 0.2) is 12.1 Å². The fourth-order valence-electron chi connectivity index (χ4n) is 3.46. The third-order valence-corrected chi connectivity index (χ3v) is 5.73. The standard InChI is InChI=1S/C13H16B4FN3O3/c14-12(15)8(9(22)20-11(24)13(12,16)17)21-3-6-5(10(21)23)1-4(18)2-7(6)19/h1-2,8H,3,14-17,19H2,(H,20,22,24). The van der Waals surface area contributed by atoms with Gasteiger partial charge in [-0.3, -0.25) is 19.7 Å². The first-order chi connectivity index (χ1) is 11.0. The maximum Gasteiger partial charge on any atom is 0.255 e. The van der Waals surface area contributed by atoms with Crippen LogP contribution in [0.5, 0.6) is 0 Å². The molecule has 1 aromatic carbocycles. The number of imide groups is 1. The molecule has 3 amide bonds. The van der Waals surface area contributed by atoms with Crippen molar-refractivity contribution in [2.45, 2.75) is 23.0 Å². The van der Waals surface area contributed by atoms with Gasteiger partial charge in [0.05, 0.1) is 0 Å². The molecule has 3 N–H and O–H groups in total. The summed E-state index contributed by atoms with van der Waals surface area (Å²) >= 11 is 0. The Morgan fingerprint density at radius 3 is 2.46 bits per heavy atom. The minimum absolute atomic E-state index is 0.117. The highest BCUT2D eigenvalue weighted by Gasteiger charge is 2.57. The highest BCUT2D eigenvalue weighted by atomic mass is 19.1. The molecule has 6 nitrogen and oxygen atoms in total. The van der Waals surface area contributed by atoms with Gasteiger partial charge in [0.1, 0.15) is 43.2 Å². The van der Waals surface area contributed by atoms with E-state index >= 15 is 0 Å². The lowest BCUT2D eigenvalue weighted by molar-refractivity contribution is -0.138. The van der Waals surface area contributed by atoms with Crippen molar-refractivity contribution in [3.63, 3.8) is 0 Å². The normalized spacial score (nSPS) is 24.6. The molecule has 3 rings (SSSR count). The van der Waals surface area contributed by atoms with E-state index in [4.69, 9.17) is 5.73 Å². The summed E-state index contributed by atoms with van der Waals surface area (Å²) in [5.74, 6) is -1.94. The van der Waals surface area contributed by atoms with E-state index in [9.17, 15) is 18.8 Å². The van der Waals surface area contributed by atoms with E-state index < -0.39 is 34.1 Å². The summed E-state index contributed by atoms with van der Waals surface area (Å²) in [6, 6.07) is 1.44. The van der Waals surface area contributed by atoms with E-state index in [0.717, 1.165) is 12.1 Å². The number of fused-ring (bicyclic) bond motifs is 1. The van der Waals surface area contributed by atoms with Crippen LogP contribution in [-0.2, 0) is 16.1 Å². The SMILES string of the molecule is BC1(B)C(=O)NC(=O)C(N2Cc3c(N)cc(F)cc3C2=O)C1(B)B. The van der Waals surface area contributed by atoms with E-state index in [-0.39, 0.29) is 23.7 Å². The number of piperidine rings is 1. The Morgan fingerprint density at radius 2 is 1.83 bits per heavy atom. The molecule has 0 bridgehead atoms. The molecule has 1 aromatic rings. The molecule has 2 heterocycles. The number of nitrogen functional groups attached to an aromatic ring is 1. The van der Waals surface area contributed by atoms with Gasteiger partial charge < -0.3 is 10.6 Å². The average molecular weight is 325 g/mol. The topological polar surface area (TPSA) is 92.5 Å². The number of nitrogens with zero attached hydrogens (tertiary/aromatic N) is 1. The Balaban J connectivity index is 2.07. The predicted molar refractivity (Wildman–Crippen MR) is 97.2 cm³/mol. The van der Waals surface area contributed by atoms with Crippen molar-refractivity contribution in [2.75, 3.05) is 5.73 Å². The summed E-state index contributed by atoms with van der Waals surface area (Å²) in [6.07, 6.45) is 0. The Labute approximate surface area is 142 Å². The molecule has 0 aliphatic carbocycles. The number of carbonyl (C=O) groups excluding carboxylic acids is 3. The lowest BCUT2D eigenvalue weighted by Crippen LogP contribution is -2.66. The van der Waals surface area contributed by atoms with Crippen molar-refractivity contribution >= 4 is 54.8 Å². The zero-order valence-corrected chi connectivity index (χ0v) is 14.1. The number of hydrogen-bond acceptors (Lipinski definition) is 4. The maximum absolute atomic E-state index is 13.6. The van der Waals surface area contributed by atoms with Gasteiger partial charge in [-0.15, -0.1) is 0 Å². The molecule has 11 heteroatoms. The number of benzene rings is 1. The van der Waals surface area contributed by atoms with E-state index in [1.165, 1.54) is 4.90 Å². The first kappa shape index (κ1) is 16.7. The number of anilines is 1. The van der Waals surface area contributed by atoms with Crippen molar-refractivity contribution in [3.05, 3.63) is 29.1 Å². The number of nitrogens with two attached hydrogens (primary N) is 1. The van der Waals surface area contributed by atoms with E-state index in [2.05, 4.69) is 5.32 Å². The van der Waals surface area contributed by atoms with Crippen LogP contribution in [0, 0.1) is 5.82 Å². The molecule has 1 saturated heterocycles. The van der Waals surface area contributed by atoms with Crippen LogP contribution in [0.1, 0.15) is 15.9 Å². The predicted octanol–water partition coefficient (Wildman–Crippen LogP) is -3.85. The Hall–Kier alpha value is -2.18. The van der Waals surface area contributed by atoms with Crippen LogP contribution in [0.4, 0.5) is 10.1 Å². The molecule has 1 fully saturated rings. The summed E-state index contributed by atoms with van der Waals surface area (Å²) in [5.41, 5.74) is 6.70. The second kappa shape index (κ2) is 4.91. The molecular weight excluding hydrogens is 308 g/mol. The van der Waals surface area contributed by atoms with E-state index in [0.29, 0.717) is 5.56 Å². The van der Waals surface area contributed by atoms with Gasteiger partial charge in [0, 0.05) is 23.4 Å². The van der Waals surface area contributed by atoms with Gasteiger partial charge in [-0.1, -0.05) is 5.21 Å². The van der Waals surface area contributed by atoms with Crippen LogP contribution in [0.25, 0.3) is 0 Å². The summed E-state index contributed by atoms with van der Waals surface area (Å²) in [7, 11) is 7.05. The summed E-state index contributed by atoms with van der Waals surface area (Å²) in [6.45, 7) is 0.117. The van der Waals surface area contributed by atoms with Gasteiger partial charge in [0.2, 0.25) is 11.8 Å². The lowest BCUT2D eigenvalue weighted by atomic mass is 9.26. The highest BCUT2D eigenvalue weighted by molar-refractivity contribution is 6.63. The summed E-state index contributed by atoms with van der Waals surface area (Å²) in [4.78, 5) is 38.9. The number of rotatable bonds is 1. The Kier molecular flexibility index (Phi) is 3.41. The fraction of sp³-hybridized carbons (Fsp3) is 0.308. The van der Waals surface area contributed by atoms with Crippen LogP contribution in [-0.4, -0.2) is 60.0 Å². The quantitative estimate of drug-likeness (QED) is 0.314.